The van der Waals surface area contributed by atoms with Gasteiger partial charge in [0.15, 0.2) is 0 Å². The van der Waals surface area contributed by atoms with E-state index in [1.54, 1.807) is 0 Å². The van der Waals surface area contributed by atoms with Gasteiger partial charge in [0, 0.05) is 44.7 Å². The smallest absolute Gasteiger partial charge is 0.263 e. The highest BCUT2D eigenvalue weighted by molar-refractivity contribution is 7.13. The topological polar surface area (TPSA) is 74.8 Å². The third-order valence-corrected chi connectivity index (χ3v) is 7.39. The lowest BCUT2D eigenvalue weighted by molar-refractivity contribution is -0.136. The lowest BCUT2D eigenvalue weighted by Gasteiger charge is -2.33. The Bertz CT molecular complexity index is 742. The average Bonchev–Trinajstić information content (AvgIpc) is 3.37. The molecular formula is C21H32N4O3S. The number of hydrogen-bond acceptors (Lipinski definition) is 6. The zero-order chi connectivity index (χ0) is 20.4. The summed E-state index contributed by atoms with van der Waals surface area (Å²) in [4.78, 5) is 34.9. The van der Waals surface area contributed by atoms with Gasteiger partial charge in [-0.15, -0.1) is 11.3 Å². The Morgan fingerprint density at radius 1 is 1.14 bits per heavy atom. The number of nitrogens with zero attached hydrogens (tertiary/aromatic N) is 3. The largest absolute Gasteiger partial charge is 0.378 e. The van der Waals surface area contributed by atoms with Crippen LogP contribution in [0.5, 0.6) is 0 Å². The molecule has 1 N–H and O–H groups in total. The molecule has 2 aliphatic heterocycles. The first kappa shape index (κ1) is 20.8. The first-order valence-electron chi connectivity index (χ1n) is 10.8. The van der Waals surface area contributed by atoms with E-state index in [9.17, 15) is 9.59 Å². The maximum Gasteiger partial charge on any atom is 0.263 e. The van der Waals surface area contributed by atoms with Crippen LogP contribution in [0.25, 0.3) is 0 Å². The molecule has 2 amide bonds. The van der Waals surface area contributed by atoms with Crippen molar-refractivity contribution in [1.29, 1.82) is 0 Å². The second-order valence-electron chi connectivity index (χ2n) is 8.58. The molecule has 1 aliphatic carbocycles. The van der Waals surface area contributed by atoms with E-state index in [0.29, 0.717) is 56.2 Å². The first-order valence-corrected chi connectivity index (χ1v) is 11.7. The van der Waals surface area contributed by atoms with E-state index in [1.807, 2.05) is 18.7 Å². The van der Waals surface area contributed by atoms with Crippen LogP contribution in [-0.2, 0) is 9.53 Å². The van der Waals surface area contributed by atoms with Crippen LogP contribution >= 0.6 is 11.3 Å². The van der Waals surface area contributed by atoms with Crippen LogP contribution in [0.3, 0.4) is 0 Å². The average molecular weight is 421 g/mol. The van der Waals surface area contributed by atoms with Gasteiger partial charge in [0.05, 0.1) is 23.9 Å². The van der Waals surface area contributed by atoms with Gasteiger partial charge >= 0.3 is 0 Å². The predicted molar refractivity (Wildman–Crippen MR) is 112 cm³/mol. The molecule has 2 saturated heterocycles. The number of hydrogen-bond donors (Lipinski definition) is 1. The molecule has 29 heavy (non-hydrogen) atoms. The molecular weight excluding hydrogens is 388 g/mol. The van der Waals surface area contributed by atoms with Crippen molar-refractivity contribution in [2.24, 2.45) is 5.92 Å². The van der Waals surface area contributed by atoms with Crippen molar-refractivity contribution < 1.29 is 14.3 Å². The van der Waals surface area contributed by atoms with Gasteiger partial charge in [-0.05, 0) is 45.4 Å². The second kappa shape index (κ2) is 9.10. The molecule has 160 valence electrons. The minimum absolute atomic E-state index is 0.0210. The molecule has 3 aliphatic rings. The Hall–Kier alpha value is -1.51. The zero-order valence-electron chi connectivity index (χ0n) is 17.5. The Morgan fingerprint density at radius 2 is 1.86 bits per heavy atom. The molecule has 0 spiro atoms. The first-order chi connectivity index (χ1) is 14.0. The van der Waals surface area contributed by atoms with Crippen LogP contribution in [0.4, 0.5) is 0 Å². The molecule has 4 rings (SSSR count). The number of morpholine rings is 1. The van der Waals surface area contributed by atoms with Gasteiger partial charge in [-0.2, -0.15) is 0 Å². The van der Waals surface area contributed by atoms with Crippen LogP contribution in [0.1, 0.15) is 52.5 Å². The number of aromatic nitrogens is 1. The molecule has 1 aromatic heterocycles. The van der Waals surface area contributed by atoms with E-state index in [-0.39, 0.29) is 11.8 Å². The lowest BCUT2D eigenvalue weighted by Crippen LogP contribution is -2.47. The summed E-state index contributed by atoms with van der Waals surface area (Å²) in [6, 6.07) is 0.608. The normalized spacial score (nSPS) is 25.4. The van der Waals surface area contributed by atoms with Crippen molar-refractivity contribution in [2.45, 2.75) is 58.0 Å². The highest BCUT2D eigenvalue weighted by Crippen LogP contribution is 2.35. The molecule has 3 fully saturated rings. The van der Waals surface area contributed by atoms with E-state index < -0.39 is 0 Å². The Labute approximate surface area is 176 Å². The molecule has 1 aromatic rings. The third kappa shape index (κ3) is 5.16. The van der Waals surface area contributed by atoms with Gasteiger partial charge in [-0.3, -0.25) is 14.5 Å². The number of thiazole rings is 1. The molecule has 0 aromatic carbocycles. The second-order valence-corrected chi connectivity index (χ2v) is 9.78. The van der Waals surface area contributed by atoms with Crippen LogP contribution in [-0.4, -0.2) is 78.1 Å². The zero-order valence-corrected chi connectivity index (χ0v) is 18.3. The number of aryl methyl sites for hydroxylation is 2. The van der Waals surface area contributed by atoms with Gasteiger partial charge in [0.2, 0.25) is 5.91 Å². The maximum absolute atomic E-state index is 12.8. The molecule has 2 atom stereocenters. The van der Waals surface area contributed by atoms with Crippen molar-refractivity contribution >= 4 is 23.2 Å². The van der Waals surface area contributed by atoms with Crippen LogP contribution < -0.4 is 5.32 Å². The Morgan fingerprint density at radius 3 is 2.52 bits per heavy atom. The van der Waals surface area contributed by atoms with Crippen molar-refractivity contribution in [3.8, 4) is 0 Å². The summed E-state index contributed by atoms with van der Waals surface area (Å²) in [5.41, 5.74) is 0.806. The summed E-state index contributed by atoms with van der Waals surface area (Å²) in [7, 11) is 0. The number of likely N-dealkylation sites (tertiary alicyclic amines) is 1. The van der Waals surface area contributed by atoms with Gasteiger partial charge in [0.25, 0.3) is 5.91 Å². The quantitative estimate of drug-likeness (QED) is 0.730. The SMILES string of the molecule is Cc1nc(C)c(C(=O)NC[C@@H]2CC[C@H](CC(=O)N3CCOCC3)N2CC2CC2)s1. The van der Waals surface area contributed by atoms with Crippen molar-refractivity contribution in [2.75, 3.05) is 39.4 Å². The van der Waals surface area contributed by atoms with Crippen LogP contribution in [0, 0.1) is 19.8 Å². The number of nitrogens with one attached hydrogen (secondary N) is 1. The summed E-state index contributed by atoms with van der Waals surface area (Å²) in [6.45, 7) is 8.23. The molecule has 0 radical (unpaired) electrons. The highest BCUT2D eigenvalue weighted by Gasteiger charge is 2.38. The fourth-order valence-corrected chi connectivity index (χ4v) is 5.36. The van der Waals surface area contributed by atoms with Gasteiger partial charge in [-0.25, -0.2) is 4.98 Å². The van der Waals surface area contributed by atoms with Gasteiger partial charge < -0.3 is 15.0 Å². The molecule has 0 bridgehead atoms. The minimum atomic E-state index is -0.0210. The molecule has 0 unspecified atom stereocenters. The van der Waals surface area contributed by atoms with Gasteiger partial charge in [0.1, 0.15) is 4.88 Å². The van der Waals surface area contributed by atoms with Crippen molar-refractivity contribution in [3.05, 3.63) is 15.6 Å². The van der Waals surface area contributed by atoms with E-state index >= 15 is 0 Å². The van der Waals surface area contributed by atoms with E-state index in [2.05, 4.69) is 15.2 Å². The van der Waals surface area contributed by atoms with Crippen molar-refractivity contribution in [1.82, 2.24) is 20.1 Å². The fraction of sp³-hybridized carbons (Fsp3) is 0.762. The number of carbonyl (C=O) groups excluding carboxylic acids is 2. The predicted octanol–water partition coefficient (Wildman–Crippen LogP) is 1.98. The number of ether oxygens (including phenoxy) is 1. The summed E-state index contributed by atoms with van der Waals surface area (Å²) in [5, 5.41) is 4.06. The minimum Gasteiger partial charge on any atom is -0.378 e. The number of amides is 2. The summed E-state index contributed by atoms with van der Waals surface area (Å²) in [5.74, 6) is 0.991. The molecule has 1 saturated carbocycles. The Kier molecular flexibility index (Phi) is 6.51. The van der Waals surface area contributed by atoms with Crippen LogP contribution in [0.15, 0.2) is 0 Å². The summed E-state index contributed by atoms with van der Waals surface area (Å²) >= 11 is 1.45. The van der Waals surface area contributed by atoms with E-state index in [1.165, 1.54) is 24.2 Å². The number of carbonyl (C=O) groups is 2. The highest BCUT2D eigenvalue weighted by atomic mass is 32.1. The number of rotatable bonds is 7. The molecule has 7 nitrogen and oxygen atoms in total. The van der Waals surface area contributed by atoms with E-state index in [4.69, 9.17) is 4.74 Å². The lowest BCUT2D eigenvalue weighted by atomic mass is 10.1. The molecule has 8 heteroatoms. The maximum atomic E-state index is 12.8. The van der Waals surface area contributed by atoms with Crippen LogP contribution in [0.2, 0.25) is 0 Å². The van der Waals surface area contributed by atoms with Crippen molar-refractivity contribution in [3.63, 3.8) is 0 Å². The molecule has 3 heterocycles. The third-order valence-electron chi connectivity index (χ3n) is 6.32. The summed E-state index contributed by atoms with van der Waals surface area (Å²) < 4.78 is 5.37. The standard InChI is InChI=1S/C21H32N4O3S/c1-14-20(29-15(2)23-14)21(27)22-12-18-6-5-17(25(18)13-16-3-4-16)11-19(26)24-7-9-28-10-8-24/h16-18H,3-13H2,1-2H3,(H,22,27)/t17-,18+/m1/s1. The summed E-state index contributed by atoms with van der Waals surface area (Å²) in [6.07, 6.45) is 5.24. The monoisotopic (exact) mass is 420 g/mol. The van der Waals surface area contributed by atoms with Gasteiger partial charge in [-0.1, -0.05) is 0 Å². The Balaban J connectivity index is 1.34. The van der Waals surface area contributed by atoms with E-state index in [0.717, 1.165) is 36.0 Å². The fourth-order valence-electron chi connectivity index (χ4n) is 4.53.